The van der Waals surface area contributed by atoms with Crippen molar-refractivity contribution in [2.45, 2.75) is 33.3 Å². The van der Waals surface area contributed by atoms with E-state index in [9.17, 15) is 4.79 Å². The number of nitrogens with one attached hydrogen (secondary N) is 1. The topological polar surface area (TPSA) is 86.5 Å². The molecule has 7 heteroatoms. The van der Waals surface area contributed by atoms with E-state index in [1.165, 1.54) is 6.20 Å². The highest BCUT2D eigenvalue weighted by molar-refractivity contribution is 6.06. The van der Waals surface area contributed by atoms with Crippen LogP contribution in [-0.2, 0) is 6.42 Å². The van der Waals surface area contributed by atoms with E-state index < -0.39 is 0 Å². The number of hydrogen-bond acceptors (Lipinski definition) is 6. The predicted octanol–water partition coefficient (Wildman–Crippen LogP) is 3.51. The van der Waals surface area contributed by atoms with Gasteiger partial charge in [-0.2, -0.15) is 0 Å². The van der Waals surface area contributed by atoms with Crippen molar-refractivity contribution in [3.05, 3.63) is 41.2 Å². The second-order valence-corrected chi connectivity index (χ2v) is 6.32. The highest BCUT2D eigenvalue weighted by Gasteiger charge is 2.23. The number of pyridine rings is 1. The normalized spacial score (nSPS) is 15.6. The summed E-state index contributed by atoms with van der Waals surface area (Å²) < 4.78 is 16.6. The van der Waals surface area contributed by atoms with Gasteiger partial charge in [-0.15, -0.1) is 0 Å². The number of amides is 1. The molecule has 0 fully saturated rings. The lowest BCUT2D eigenvalue weighted by molar-refractivity contribution is 0.102. The number of carbonyl (C=O) groups excluding carboxylic acids is 1. The minimum absolute atomic E-state index is 0.119. The largest absolute Gasteiger partial charge is 0.492 e. The summed E-state index contributed by atoms with van der Waals surface area (Å²) in [5, 5.41) is 7.47. The number of anilines is 1. The van der Waals surface area contributed by atoms with Crippen molar-refractivity contribution >= 4 is 22.7 Å². The van der Waals surface area contributed by atoms with Gasteiger partial charge in [-0.05, 0) is 32.9 Å². The van der Waals surface area contributed by atoms with Crippen molar-refractivity contribution in [2.75, 3.05) is 11.9 Å². The predicted molar refractivity (Wildman–Crippen MR) is 95.9 cm³/mol. The van der Waals surface area contributed by atoms with Crippen LogP contribution in [0.1, 0.15) is 35.5 Å². The first-order valence-corrected chi connectivity index (χ1v) is 8.55. The van der Waals surface area contributed by atoms with E-state index in [2.05, 4.69) is 15.5 Å². The maximum atomic E-state index is 12.7. The molecule has 3 aromatic rings. The first-order valence-electron chi connectivity index (χ1n) is 8.55. The number of aromatic nitrogens is 2. The molecule has 1 N–H and O–H groups in total. The van der Waals surface area contributed by atoms with E-state index in [4.69, 9.17) is 14.0 Å². The molecule has 1 aromatic carbocycles. The fourth-order valence-electron chi connectivity index (χ4n) is 3.08. The summed E-state index contributed by atoms with van der Waals surface area (Å²) in [4.78, 5) is 16.9. The zero-order valence-corrected chi connectivity index (χ0v) is 14.8. The lowest BCUT2D eigenvalue weighted by Crippen LogP contribution is -2.13. The standard InChI is InChI=1S/C19H19N3O4/c1-4-24-17-7-12-5-10(2)25-16(12)8-15(17)21-18(23)13-6-14-11(3)22-26-19(14)20-9-13/h6-10H,4-5H2,1-3H3,(H,21,23)/t10-/m1/s1. The van der Waals surface area contributed by atoms with Crippen LogP contribution in [0.5, 0.6) is 11.5 Å². The Hall–Kier alpha value is -3.09. The molecule has 7 nitrogen and oxygen atoms in total. The summed E-state index contributed by atoms with van der Waals surface area (Å²) >= 11 is 0. The minimum Gasteiger partial charge on any atom is -0.492 e. The van der Waals surface area contributed by atoms with Crippen LogP contribution in [-0.4, -0.2) is 28.8 Å². The van der Waals surface area contributed by atoms with Crippen LogP contribution in [0.4, 0.5) is 5.69 Å². The average Bonchev–Trinajstić information content (AvgIpc) is 3.16. The van der Waals surface area contributed by atoms with Crippen LogP contribution in [0.3, 0.4) is 0 Å². The molecule has 1 aliphatic heterocycles. The fraction of sp³-hybridized carbons (Fsp3) is 0.316. The molecule has 1 atom stereocenters. The van der Waals surface area contributed by atoms with Gasteiger partial charge in [0.2, 0.25) is 0 Å². The number of ether oxygens (including phenoxy) is 2. The summed E-state index contributed by atoms with van der Waals surface area (Å²) in [6.45, 7) is 6.23. The summed E-state index contributed by atoms with van der Waals surface area (Å²) in [5.74, 6) is 1.12. The van der Waals surface area contributed by atoms with Gasteiger partial charge in [0.05, 0.1) is 28.9 Å². The van der Waals surface area contributed by atoms with Gasteiger partial charge < -0.3 is 19.3 Å². The molecule has 3 heterocycles. The third-order valence-corrected chi connectivity index (χ3v) is 4.32. The Labute approximate surface area is 150 Å². The van der Waals surface area contributed by atoms with Gasteiger partial charge in [-0.3, -0.25) is 4.79 Å². The Kier molecular flexibility index (Phi) is 3.99. The van der Waals surface area contributed by atoms with Crippen molar-refractivity contribution < 1.29 is 18.8 Å². The molecule has 1 amide bonds. The third-order valence-electron chi connectivity index (χ3n) is 4.32. The molecule has 0 aliphatic carbocycles. The van der Waals surface area contributed by atoms with Crippen LogP contribution in [0, 0.1) is 6.92 Å². The fourth-order valence-corrected chi connectivity index (χ4v) is 3.08. The first kappa shape index (κ1) is 16.4. The average molecular weight is 353 g/mol. The first-order chi connectivity index (χ1) is 12.5. The molecule has 0 bridgehead atoms. The second-order valence-electron chi connectivity index (χ2n) is 6.32. The number of fused-ring (bicyclic) bond motifs is 2. The molecule has 4 rings (SSSR count). The van der Waals surface area contributed by atoms with Gasteiger partial charge in [0.15, 0.2) is 0 Å². The minimum atomic E-state index is -0.285. The van der Waals surface area contributed by atoms with Gasteiger partial charge in [-0.25, -0.2) is 4.98 Å². The molecule has 0 radical (unpaired) electrons. The van der Waals surface area contributed by atoms with Crippen LogP contribution < -0.4 is 14.8 Å². The smallest absolute Gasteiger partial charge is 0.257 e. The van der Waals surface area contributed by atoms with Crippen LogP contribution in [0.25, 0.3) is 11.1 Å². The van der Waals surface area contributed by atoms with Crippen molar-refractivity contribution in [1.82, 2.24) is 10.1 Å². The van der Waals surface area contributed by atoms with Crippen LogP contribution >= 0.6 is 0 Å². The molecule has 0 unspecified atom stereocenters. The number of aryl methyl sites for hydroxylation is 1. The zero-order valence-electron chi connectivity index (χ0n) is 14.8. The molecule has 2 aromatic heterocycles. The molecule has 0 saturated heterocycles. The van der Waals surface area contributed by atoms with Crippen molar-refractivity contribution in [1.29, 1.82) is 0 Å². The molecule has 134 valence electrons. The maximum absolute atomic E-state index is 12.7. The Bertz CT molecular complexity index is 996. The molecule has 0 saturated carbocycles. The number of nitrogens with zero attached hydrogens (tertiary/aromatic N) is 2. The van der Waals surface area contributed by atoms with E-state index in [1.54, 1.807) is 13.0 Å². The van der Waals surface area contributed by atoms with E-state index in [0.717, 1.165) is 17.7 Å². The van der Waals surface area contributed by atoms with Gasteiger partial charge in [0, 0.05) is 24.2 Å². The third kappa shape index (κ3) is 2.85. The maximum Gasteiger partial charge on any atom is 0.257 e. The van der Waals surface area contributed by atoms with Gasteiger partial charge in [0.25, 0.3) is 11.6 Å². The number of carbonyl (C=O) groups is 1. The Balaban J connectivity index is 1.65. The summed E-state index contributed by atoms with van der Waals surface area (Å²) in [6.07, 6.45) is 2.42. The Morgan fingerprint density at radius 1 is 1.38 bits per heavy atom. The van der Waals surface area contributed by atoms with E-state index in [0.29, 0.717) is 40.4 Å². The van der Waals surface area contributed by atoms with E-state index >= 15 is 0 Å². The number of benzene rings is 1. The monoisotopic (exact) mass is 353 g/mol. The van der Waals surface area contributed by atoms with Gasteiger partial charge in [-0.1, -0.05) is 5.16 Å². The lowest BCUT2D eigenvalue weighted by atomic mass is 10.1. The van der Waals surface area contributed by atoms with Crippen molar-refractivity contribution in [3.8, 4) is 11.5 Å². The summed E-state index contributed by atoms with van der Waals surface area (Å²) in [6, 6.07) is 5.47. The molecule has 1 aliphatic rings. The van der Waals surface area contributed by atoms with Crippen LogP contribution in [0.2, 0.25) is 0 Å². The molecular formula is C19H19N3O4. The molecular weight excluding hydrogens is 334 g/mol. The number of rotatable bonds is 4. The highest BCUT2D eigenvalue weighted by Crippen LogP contribution is 2.38. The zero-order chi connectivity index (χ0) is 18.3. The van der Waals surface area contributed by atoms with Crippen molar-refractivity contribution in [2.24, 2.45) is 0 Å². The lowest BCUT2D eigenvalue weighted by Gasteiger charge is -2.13. The van der Waals surface area contributed by atoms with Gasteiger partial charge in [0.1, 0.15) is 17.6 Å². The SMILES string of the molecule is CCOc1cc2c(cc1NC(=O)c1cnc3onc(C)c3c1)O[C@H](C)C2. The summed E-state index contributed by atoms with van der Waals surface area (Å²) in [7, 11) is 0. The van der Waals surface area contributed by atoms with Crippen LogP contribution in [0.15, 0.2) is 28.9 Å². The Morgan fingerprint density at radius 3 is 3.04 bits per heavy atom. The van der Waals surface area contributed by atoms with Crippen molar-refractivity contribution in [3.63, 3.8) is 0 Å². The van der Waals surface area contributed by atoms with E-state index in [1.807, 2.05) is 26.0 Å². The Morgan fingerprint density at radius 2 is 2.23 bits per heavy atom. The highest BCUT2D eigenvalue weighted by atomic mass is 16.5. The summed E-state index contributed by atoms with van der Waals surface area (Å²) in [5.41, 5.74) is 3.18. The van der Waals surface area contributed by atoms with E-state index in [-0.39, 0.29) is 12.0 Å². The second kappa shape index (κ2) is 6.33. The quantitative estimate of drug-likeness (QED) is 0.772. The van der Waals surface area contributed by atoms with Gasteiger partial charge >= 0.3 is 0 Å². The molecule has 0 spiro atoms. The molecule has 26 heavy (non-hydrogen) atoms. The number of hydrogen-bond donors (Lipinski definition) is 1.